The summed E-state index contributed by atoms with van der Waals surface area (Å²) >= 11 is 0. The molecule has 0 fully saturated rings. The zero-order valence-corrected chi connectivity index (χ0v) is 16.8. The summed E-state index contributed by atoms with van der Waals surface area (Å²) in [7, 11) is 2.95. The van der Waals surface area contributed by atoms with E-state index in [1.54, 1.807) is 18.2 Å². The summed E-state index contributed by atoms with van der Waals surface area (Å²) in [6, 6.07) is 7.62. The smallest absolute Gasteiger partial charge is 0.235 e. The third-order valence-corrected chi connectivity index (χ3v) is 4.92. The van der Waals surface area contributed by atoms with Crippen molar-refractivity contribution >= 4 is 17.4 Å². The largest absolute Gasteiger partial charge is 0.508 e. The SMILES string of the molecule is CCCCCC1C(=O)Nc2c(Oc3ccc(O)cc3OC)cc(OC)cc2C1=O. The van der Waals surface area contributed by atoms with Gasteiger partial charge in [0.25, 0.3) is 0 Å². The van der Waals surface area contributed by atoms with Gasteiger partial charge >= 0.3 is 0 Å². The van der Waals surface area contributed by atoms with Crippen molar-refractivity contribution in [1.82, 2.24) is 0 Å². The van der Waals surface area contributed by atoms with Crippen LogP contribution in [0.4, 0.5) is 5.69 Å². The van der Waals surface area contributed by atoms with Crippen LogP contribution in [0, 0.1) is 5.92 Å². The molecule has 0 radical (unpaired) electrons. The maximum Gasteiger partial charge on any atom is 0.235 e. The van der Waals surface area contributed by atoms with E-state index < -0.39 is 5.92 Å². The molecule has 0 bridgehead atoms. The molecule has 154 valence electrons. The number of ketones is 1. The molecule has 7 heteroatoms. The first-order valence-electron chi connectivity index (χ1n) is 9.60. The molecule has 2 aromatic rings. The van der Waals surface area contributed by atoms with Crippen LogP contribution in [0.2, 0.25) is 0 Å². The second-order valence-electron chi connectivity index (χ2n) is 6.89. The van der Waals surface area contributed by atoms with Gasteiger partial charge in [0.1, 0.15) is 17.4 Å². The number of Topliss-reactive ketones (excluding diaryl/α,β-unsaturated/α-hetero) is 1. The fourth-order valence-corrected chi connectivity index (χ4v) is 3.35. The minimum absolute atomic E-state index is 0.0280. The van der Waals surface area contributed by atoms with E-state index in [1.165, 1.54) is 26.4 Å². The van der Waals surface area contributed by atoms with Crippen LogP contribution in [0.3, 0.4) is 0 Å². The number of fused-ring (bicyclic) bond motifs is 1. The Morgan fingerprint density at radius 2 is 1.79 bits per heavy atom. The van der Waals surface area contributed by atoms with Gasteiger partial charge in [-0.2, -0.15) is 0 Å². The number of methoxy groups -OCH3 is 2. The third-order valence-electron chi connectivity index (χ3n) is 4.92. The van der Waals surface area contributed by atoms with Crippen molar-refractivity contribution in [2.75, 3.05) is 19.5 Å². The van der Waals surface area contributed by atoms with Crippen molar-refractivity contribution in [1.29, 1.82) is 0 Å². The topological polar surface area (TPSA) is 94.1 Å². The number of carbonyl (C=O) groups excluding carboxylic acids is 2. The first-order chi connectivity index (χ1) is 14.0. The van der Waals surface area contributed by atoms with E-state index in [0.717, 1.165) is 19.3 Å². The average Bonchev–Trinajstić information content (AvgIpc) is 2.72. The zero-order chi connectivity index (χ0) is 21.0. The molecule has 1 atom stereocenters. The number of anilines is 1. The summed E-state index contributed by atoms with van der Waals surface area (Å²) in [5.41, 5.74) is 0.667. The van der Waals surface area contributed by atoms with Gasteiger partial charge in [-0.3, -0.25) is 9.59 Å². The van der Waals surface area contributed by atoms with Crippen LogP contribution in [-0.4, -0.2) is 31.0 Å². The van der Waals surface area contributed by atoms with Gasteiger partial charge in [0.05, 0.1) is 19.9 Å². The van der Waals surface area contributed by atoms with Gasteiger partial charge in [-0.25, -0.2) is 0 Å². The minimum atomic E-state index is -0.711. The number of carbonyl (C=O) groups is 2. The molecule has 1 heterocycles. The number of benzene rings is 2. The average molecular weight is 399 g/mol. The van der Waals surface area contributed by atoms with Crippen molar-refractivity contribution in [3.8, 4) is 28.7 Å². The highest BCUT2D eigenvalue weighted by Gasteiger charge is 2.36. The number of ether oxygens (including phenoxy) is 3. The van der Waals surface area contributed by atoms with E-state index in [2.05, 4.69) is 12.2 Å². The van der Waals surface area contributed by atoms with Gasteiger partial charge < -0.3 is 24.6 Å². The lowest BCUT2D eigenvalue weighted by atomic mass is 9.87. The summed E-state index contributed by atoms with van der Waals surface area (Å²) < 4.78 is 16.5. The lowest BCUT2D eigenvalue weighted by molar-refractivity contribution is -0.119. The molecular formula is C22H25NO6. The number of unbranched alkanes of at least 4 members (excludes halogenated alkanes) is 2. The number of hydrogen-bond donors (Lipinski definition) is 2. The summed E-state index contributed by atoms with van der Waals surface area (Å²) in [5, 5.41) is 12.5. The molecule has 3 rings (SSSR count). The second kappa shape index (κ2) is 8.86. The molecule has 0 saturated carbocycles. The Morgan fingerprint density at radius 1 is 1.00 bits per heavy atom. The molecule has 0 aromatic heterocycles. The molecule has 1 aliphatic heterocycles. The fraction of sp³-hybridized carbons (Fsp3) is 0.364. The van der Waals surface area contributed by atoms with Crippen LogP contribution in [0.25, 0.3) is 0 Å². The number of rotatable bonds is 8. The minimum Gasteiger partial charge on any atom is -0.508 e. The maximum atomic E-state index is 13.0. The number of nitrogens with one attached hydrogen (secondary N) is 1. The van der Waals surface area contributed by atoms with E-state index in [1.807, 2.05) is 0 Å². The molecule has 2 aromatic carbocycles. The van der Waals surface area contributed by atoms with E-state index in [9.17, 15) is 14.7 Å². The summed E-state index contributed by atoms with van der Waals surface area (Å²) in [4.78, 5) is 25.6. The molecule has 2 N–H and O–H groups in total. The fourth-order valence-electron chi connectivity index (χ4n) is 3.35. The quantitative estimate of drug-likeness (QED) is 0.500. The standard InChI is InChI=1S/C22H25NO6/c1-4-5-6-7-15-21(25)16-11-14(27-2)12-19(20(16)23-22(15)26)29-17-9-8-13(24)10-18(17)28-3/h8-12,15,24H,4-7H2,1-3H3,(H,23,26). The molecule has 0 saturated heterocycles. The number of hydrogen-bond acceptors (Lipinski definition) is 6. The Labute approximate surface area is 169 Å². The molecule has 1 unspecified atom stereocenters. The van der Waals surface area contributed by atoms with E-state index in [4.69, 9.17) is 14.2 Å². The number of amides is 1. The van der Waals surface area contributed by atoms with Gasteiger partial charge in [0.2, 0.25) is 5.91 Å². The monoisotopic (exact) mass is 399 g/mol. The molecule has 1 aliphatic rings. The van der Waals surface area contributed by atoms with E-state index in [0.29, 0.717) is 34.9 Å². The Bertz CT molecular complexity index is 924. The van der Waals surface area contributed by atoms with Crippen molar-refractivity contribution in [3.63, 3.8) is 0 Å². The van der Waals surface area contributed by atoms with Crippen LogP contribution in [0.5, 0.6) is 28.7 Å². The highest BCUT2D eigenvalue weighted by Crippen LogP contribution is 2.43. The molecule has 1 amide bonds. The predicted molar refractivity (Wildman–Crippen MR) is 108 cm³/mol. The van der Waals surface area contributed by atoms with Gasteiger partial charge in [-0.1, -0.05) is 26.2 Å². The first-order valence-corrected chi connectivity index (χ1v) is 9.60. The number of phenolic OH excluding ortho intramolecular Hbond substituents is 1. The lowest BCUT2D eigenvalue weighted by Gasteiger charge is -2.26. The van der Waals surface area contributed by atoms with Crippen LogP contribution in [0.1, 0.15) is 43.0 Å². The number of aromatic hydroxyl groups is 1. The third kappa shape index (κ3) is 4.29. The zero-order valence-electron chi connectivity index (χ0n) is 16.8. The van der Waals surface area contributed by atoms with Crippen molar-refractivity contribution in [2.45, 2.75) is 32.6 Å². The van der Waals surface area contributed by atoms with Crippen molar-refractivity contribution < 1.29 is 28.9 Å². The maximum absolute atomic E-state index is 13.0. The van der Waals surface area contributed by atoms with Gasteiger partial charge in [-0.15, -0.1) is 0 Å². The van der Waals surface area contributed by atoms with E-state index in [-0.39, 0.29) is 23.2 Å². The van der Waals surface area contributed by atoms with Gasteiger partial charge in [-0.05, 0) is 24.6 Å². The number of phenols is 1. The summed E-state index contributed by atoms with van der Waals surface area (Å²) in [6.07, 6.45) is 3.31. The predicted octanol–water partition coefficient (Wildman–Crippen LogP) is 4.53. The lowest BCUT2D eigenvalue weighted by Crippen LogP contribution is -2.35. The first kappa shape index (κ1) is 20.5. The van der Waals surface area contributed by atoms with Crippen molar-refractivity contribution in [3.05, 3.63) is 35.9 Å². The molecule has 0 spiro atoms. The normalized spacial score (nSPS) is 15.5. The van der Waals surface area contributed by atoms with Gasteiger partial charge in [0.15, 0.2) is 23.0 Å². The van der Waals surface area contributed by atoms with Crippen LogP contribution in [0.15, 0.2) is 30.3 Å². The second-order valence-corrected chi connectivity index (χ2v) is 6.89. The Morgan fingerprint density at radius 3 is 2.48 bits per heavy atom. The van der Waals surface area contributed by atoms with E-state index >= 15 is 0 Å². The van der Waals surface area contributed by atoms with Crippen LogP contribution < -0.4 is 19.5 Å². The molecule has 7 nitrogen and oxygen atoms in total. The molecule has 0 aliphatic carbocycles. The highest BCUT2D eigenvalue weighted by atomic mass is 16.5. The Kier molecular flexibility index (Phi) is 6.26. The Hall–Kier alpha value is -3.22. The highest BCUT2D eigenvalue weighted by molar-refractivity contribution is 6.21. The molecule has 29 heavy (non-hydrogen) atoms. The summed E-state index contributed by atoms with van der Waals surface area (Å²) in [5.74, 6) is 0.0930. The van der Waals surface area contributed by atoms with Crippen molar-refractivity contribution in [2.24, 2.45) is 5.92 Å². The van der Waals surface area contributed by atoms with Crippen LogP contribution in [-0.2, 0) is 4.79 Å². The molecular weight excluding hydrogens is 374 g/mol. The summed E-state index contributed by atoms with van der Waals surface area (Å²) in [6.45, 7) is 2.07. The van der Waals surface area contributed by atoms with Crippen LogP contribution >= 0.6 is 0 Å². The Balaban J connectivity index is 1.99. The van der Waals surface area contributed by atoms with Gasteiger partial charge in [0, 0.05) is 17.7 Å².